The van der Waals surface area contributed by atoms with Crippen LogP contribution in [0.3, 0.4) is 0 Å². The molecule has 7 nitrogen and oxygen atoms in total. The van der Waals surface area contributed by atoms with Gasteiger partial charge in [-0.15, -0.1) is 0 Å². The van der Waals surface area contributed by atoms with Crippen molar-refractivity contribution in [2.45, 2.75) is 13.5 Å². The number of pyridine rings is 2. The first-order valence-corrected chi connectivity index (χ1v) is 6.15. The fourth-order valence-corrected chi connectivity index (χ4v) is 1.65. The summed E-state index contributed by atoms with van der Waals surface area (Å²) < 4.78 is 0. The summed E-state index contributed by atoms with van der Waals surface area (Å²) in [4.78, 5) is 19.5. The molecule has 2 rings (SSSR count). The van der Waals surface area contributed by atoms with E-state index in [4.69, 9.17) is 0 Å². The van der Waals surface area contributed by atoms with Crippen molar-refractivity contribution in [1.82, 2.24) is 15.4 Å². The van der Waals surface area contributed by atoms with Crippen LogP contribution in [0.1, 0.15) is 27.2 Å². The number of nitrogens with zero attached hydrogens (tertiary/aromatic N) is 3. The molecule has 0 saturated carbocycles. The molecule has 111 valence electrons. The van der Waals surface area contributed by atoms with E-state index in [2.05, 4.69) is 20.5 Å². The summed E-state index contributed by atoms with van der Waals surface area (Å²) in [6.07, 6.45) is 5.72. The quantitative estimate of drug-likeness (QED) is 0.417. The van der Waals surface area contributed by atoms with Gasteiger partial charge in [0.1, 0.15) is 5.75 Å². The molecule has 3 radical (unpaired) electrons. The van der Waals surface area contributed by atoms with Crippen molar-refractivity contribution >= 4 is 31.9 Å². The maximum atomic E-state index is 11.8. The zero-order valence-electron chi connectivity index (χ0n) is 11.9. The zero-order valence-corrected chi connectivity index (χ0v) is 14.3. The van der Waals surface area contributed by atoms with Crippen molar-refractivity contribution in [1.29, 1.82) is 0 Å². The number of hydrogen-bond acceptors (Lipinski definition) is 6. The number of aliphatic hydroxyl groups excluding tert-OH is 1. The Bertz CT molecular complexity index is 677. The van der Waals surface area contributed by atoms with E-state index >= 15 is 0 Å². The third kappa shape index (κ3) is 4.17. The van der Waals surface area contributed by atoms with Crippen LogP contribution in [0, 0.1) is 6.92 Å². The van der Waals surface area contributed by atoms with E-state index in [1.54, 1.807) is 19.1 Å². The standard InChI is InChI=1S/C14H14N4O3.Ga/c1-9-13(20)12(11(8-19)6-16-9)7-17-18-14(21)10-2-4-15-5-3-10;/h2-7,19-20H,8H2,1H3,(H,18,21);. The van der Waals surface area contributed by atoms with Crippen LogP contribution in [-0.2, 0) is 6.61 Å². The van der Waals surface area contributed by atoms with E-state index in [9.17, 15) is 15.0 Å². The smallest absolute Gasteiger partial charge is 0.271 e. The predicted molar refractivity (Wildman–Crippen MR) is 81.6 cm³/mol. The molecule has 0 aliphatic carbocycles. The van der Waals surface area contributed by atoms with Crippen LogP contribution < -0.4 is 5.43 Å². The number of carbonyl (C=O) groups is 1. The van der Waals surface area contributed by atoms with E-state index in [1.165, 1.54) is 24.8 Å². The van der Waals surface area contributed by atoms with E-state index < -0.39 is 5.91 Å². The molecule has 0 saturated heterocycles. The molecule has 0 bridgehead atoms. The molecule has 8 heteroatoms. The molecule has 0 aliphatic heterocycles. The third-order valence-corrected chi connectivity index (χ3v) is 2.83. The van der Waals surface area contributed by atoms with Gasteiger partial charge in [0.05, 0.1) is 18.5 Å². The molecule has 2 aromatic rings. The summed E-state index contributed by atoms with van der Waals surface area (Å²) >= 11 is 0. The Kier molecular flexibility index (Phi) is 6.77. The van der Waals surface area contributed by atoms with Gasteiger partial charge in [-0.3, -0.25) is 14.8 Å². The molecule has 2 aromatic heterocycles. The van der Waals surface area contributed by atoms with E-state index in [1.807, 2.05) is 0 Å². The average molecular weight is 356 g/mol. The van der Waals surface area contributed by atoms with Crippen LogP contribution in [0.25, 0.3) is 0 Å². The summed E-state index contributed by atoms with van der Waals surface area (Å²) in [5, 5.41) is 22.9. The van der Waals surface area contributed by atoms with Gasteiger partial charge in [0, 0.05) is 55.1 Å². The summed E-state index contributed by atoms with van der Waals surface area (Å²) in [6.45, 7) is 1.34. The van der Waals surface area contributed by atoms with Crippen LogP contribution in [0.2, 0.25) is 0 Å². The number of aliphatic hydroxyl groups is 1. The maximum Gasteiger partial charge on any atom is 0.271 e. The number of carbonyl (C=O) groups excluding carboxylic acids is 1. The van der Waals surface area contributed by atoms with E-state index in [-0.39, 0.29) is 32.1 Å². The van der Waals surface area contributed by atoms with Gasteiger partial charge in [0.2, 0.25) is 0 Å². The molecular formula is C14H14GaN4O3. The minimum absolute atomic E-state index is 0. The van der Waals surface area contributed by atoms with E-state index in [0.717, 1.165) is 0 Å². The molecule has 22 heavy (non-hydrogen) atoms. The number of rotatable bonds is 4. The molecule has 0 aromatic carbocycles. The first kappa shape index (κ1) is 17.9. The fraction of sp³-hybridized carbons (Fsp3) is 0.143. The second-order valence-electron chi connectivity index (χ2n) is 4.22. The van der Waals surface area contributed by atoms with Gasteiger partial charge in [0.25, 0.3) is 5.91 Å². The Balaban J connectivity index is 0.00000242. The minimum Gasteiger partial charge on any atom is -0.505 e. The van der Waals surface area contributed by atoms with Gasteiger partial charge < -0.3 is 10.2 Å². The summed E-state index contributed by atoms with van der Waals surface area (Å²) in [6, 6.07) is 3.11. The second-order valence-corrected chi connectivity index (χ2v) is 4.22. The number of aromatic nitrogens is 2. The van der Waals surface area contributed by atoms with Crippen LogP contribution in [-0.4, -0.2) is 52.1 Å². The number of aromatic hydroxyl groups is 1. The van der Waals surface area contributed by atoms with Gasteiger partial charge in [-0.05, 0) is 19.1 Å². The Hall–Kier alpha value is -2.16. The van der Waals surface area contributed by atoms with Gasteiger partial charge in [0.15, 0.2) is 0 Å². The minimum atomic E-state index is -0.399. The number of hydrazone groups is 1. The van der Waals surface area contributed by atoms with Gasteiger partial charge in [-0.1, -0.05) is 0 Å². The van der Waals surface area contributed by atoms with Gasteiger partial charge >= 0.3 is 0 Å². The van der Waals surface area contributed by atoms with Crippen LogP contribution in [0.5, 0.6) is 5.75 Å². The molecular weight excluding hydrogens is 342 g/mol. The van der Waals surface area contributed by atoms with Crippen molar-refractivity contribution in [3.05, 3.63) is 53.1 Å². The normalized spacial score (nSPS) is 10.3. The molecule has 0 spiro atoms. The van der Waals surface area contributed by atoms with Crippen LogP contribution in [0.4, 0.5) is 0 Å². The molecule has 0 atom stereocenters. The number of hydrogen-bond donors (Lipinski definition) is 3. The molecule has 3 N–H and O–H groups in total. The first-order valence-electron chi connectivity index (χ1n) is 6.15. The zero-order chi connectivity index (χ0) is 15.2. The monoisotopic (exact) mass is 355 g/mol. The molecule has 0 fully saturated rings. The van der Waals surface area contributed by atoms with Crippen LogP contribution in [0.15, 0.2) is 35.8 Å². The summed E-state index contributed by atoms with van der Waals surface area (Å²) in [7, 11) is 0. The Morgan fingerprint density at radius 3 is 2.73 bits per heavy atom. The van der Waals surface area contributed by atoms with Gasteiger partial charge in [-0.2, -0.15) is 5.10 Å². The Morgan fingerprint density at radius 1 is 1.41 bits per heavy atom. The van der Waals surface area contributed by atoms with Crippen molar-refractivity contribution in [2.75, 3.05) is 0 Å². The van der Waals surface area contributed by atoms with Crippen molar-refractivity contribution in [2.24, 2.45) is 5.10 Å². The van der Waals surface area contributed by atoms with Crippen molar-refractivity contribution < 1.29 is 15.0 Å². The van der Waals surface area contributed by atoms with Crippen molar-refractivity contribution in [3.8, 4) is 5.75 Å². The van der Waals surface area contributed by atoms with Crippen molar-refractivity contribution in [3.63, 3.8) is 0 Å². The van der Waals surface area contributed by atoms with E-state index in [0.29, 0.717) is 22.4 Å². The Morgan fingerprint density at radius 2 is 2.09 bits per heavy atom. The SMILES string of the molecule is Cc1ncc(CO)c(C=NNC(=O)c2ccncc2)c1O.[Ga]. The molecule has 2 heterocycles. The summed E-state index contributed by atoms with van der Waals surface area (Å²) in [5.41, 5.74) is 3.90. The second kappa shape index (κ2) is 8.32. The predicted octanol–water partition coefficient (Wildman–Crippen LogP) is 0.366. The molecule has 0 aliphatic rings. The number of aryl methyl sites for hydroxylation is 1. The maximum absolute atomic E-state index is 11.8. The molecule has 1 amide bonds. The number of nitrogens with one attached hydrogen (secondary N) is 1. The topological polar surface area (TPSA) is 108 Å². The van der Waals surface area contributed by atoms with Crippen LogP contribution >= 0.6 is 0 Å². The third-order valence-electron chi connectivity index (χ3n) is 2.83. The fourth-order valence-electron chi connectivity index (χ4n) is 1.65. The Labute approximate surface area is 140 Å². The average Bonchev–Trinajstić information content (AvgIpc) is 2.52. The molecule has 0 unspecified atom stereocenters. The summed E-state index contributed by atoms with van der Waals surface area (Å²) in [5.74, 6) is -0.479. The number of amides is 1. The largest absolute Gasteiger partial charge is 0.505 e. The van der Waals surface area contributed by atoms with Gasteiger partial charge in [-0.25, -0.2) is 5.43 Å². The first-order chi connectivity index (χ1) is 10.1.